The van der Waals surface area contributed by atoms with E-state index in [2.05, 4.69) is 50.4 Å². The first kappa shape index (κ1) is 15.6. The first-order chi connectivity index (χ1) is 9.72. The van der Waals surface area contributed by atoms with Gasteiger partial charge in [0, 0.05) is 0 Å². The zero-order valence-electron chi connectivity index (χ0n) is 13.5. The van der Waals surface area contributed by atoms with Gasteiger partial charge in [-0.25, -0.2) is 0 Å². The van der Waals surface area contributed by atoms with Crippen LogP contribution in [0.5, 0.6) is 0 Å². The summed E-state index contributed by atoms with van der Waals surface area (Å²) in [6, 6.07) is 9.47. The fourth-order valence-corrected chi connectivity index (χ4v) is 3.53. The lowest BCUT2D eigenvalue weighted by molar-refractivity contribution is 0.379. The van der Waals surface area contributed by atoms with E-state index in [1.165, 1.54) is 44.2 Å². The third kappa shape index (κ3) is 4.09. The van der Waals surface area contributed by atoms with Gasteiger partial charge in [-0.15, -0.1) is 0 Å². The van der Waals surface area contributed by atoms with Crippen molar-refractivity contribution in [3.63, 3.8) is 0 Å². The molecule has 1 N–H and O–H groups in total. The van der Waals surface area contributed by atoms with Gasteiger partial charge in [0.15, 0.2) is 0 Å². The first-order valence-electron chi connectivity index (χ1n) is 8.53. The lowest BCUT2D eigenvalue weighted by atomic mass is 9.82. The Morgan fingerprint density at radius 2 is 1.75 bits per heavy atom. The van der Waals surface area contributed by atoms with E-state index in [1.807, 2.05) is 0 Å². The molecule has 1 saturated carbocycles. The lowest BCUT2D eigenvalue weighted by Crippen LogP contribution is -2.26. The SMILES string of the molecule is CCNCC1CCCCCC1c1ccc(C(C)C)cc1. The molecular weight excluding hydrogens is 242 g/mol. The summed E-state index contributed by atoms with van der Waals surface area (Å²) in [6.45, 7) is 9.04. The van der Waals surface area contributed by atoms with E-state index in [0.717, 1.165) is 18.4 Å². The van der Waals surface area contributed by atoms with Crippen LogP contribution in [-0.4, -0.2) is 13.1 Å². The van der Waals surface area contributed by atoms with E-state index >= 15 is 0 Å². The molecular formula is C19H31N. The average molecular weight is 273 g/mol. The summed E-state index contributed by atoms with van der Waals surface area (Å²) >= 11 is 0. The van der Waals surface area contributed by atoms with Gasteiger partial charge < -0.3 is 5.32 Å². The molecule has 0 bridgehead atoms. The Morgan fingerprint density at radius 3 is 2.40 bits per heavy atom. The highest BCUT2D eigenvalue weighted by molar-refractivity contribution is 5.27. The molecule has 1 aliphatic carbocycles. The first-order valence-corrected chi connectivity index (χ1v) is 8.53. The molecule has 0 amide bonds. The summed E-state index contributed by atoms with van der Waals surface area (Å²) < 4.78 is 0. The third-order valence-corrected chi connectivity index (χ3v) is 4.85. The minimum absolute atomic E-state index is 0.635. The fraction of sp³-hybridized carbons (Fsp3) is 0.684. The van der Waals surface area contributed by atoms with Crippen LogP contribution in [0.15, 0.2) is 24.3 Å². The molecule has 2 atom stereocenters. The Kier molecular flexibility index (Phi) is 6.09. The lowest BCUT2D eigenvalue weighted by Gasteiger charge is -2.26. The zero-order valence-corrected chi connectivity index (χ0v) is 13.5. The van der Waals surface area contributed by atoms with Crippen LogP contribution in [0.2, 0.25) is 0 Å². The Hall–Kier alpha value is -0.820. The van der Waals surface area contributed by atoms with Gasteiger partial charge >= 0.3 is 0 Å². The molecule has 1 heteroatoms. The molecule has 0 radical (unpaired) electrons. The number of benzene rings is 1. The molecule has 1 aromatic rings. The Bertz CT molecular complexity index is 379. The zero-order chi connectivity index (χ0) is 14.4. The van der Waals surface area contributed by atoms with Crippen molar-refractivity contribution in [3.8, 4) is 0 Å². The van der Waals surface area contributed by atoms with Crippen molar-refractivity contribution >= 4 is 0 Å². The van der Waals surface area contributed by atoms with Crippen LogP contribution in [0, 0.1) is 5.92 Å². The van der Waals surface area contributed by atoms with Crippen LogP contribution in [-0.2, 0) is 0 Å². The minimum Gasteiger partial charge on any atom is -0.317 e. The van der Waals surface area contributed by atoms with Crippen LogP contribution in [0.25, 0.3) is 0 Å². The minimum atomic E-state index is 0.635. The van der Waals surface area contributed by atoms with Crippen LogP contribution in [0.4, 0.5) is 0 Å². The maximum Gasteiger partial charge on any atom is -0.00148 e. The molecule has 112 valence electrons. The molecule has 0 aromatic heterocycles. The van der Waals surface area contributed by atoms with Crippen molar-refractivity contribution in [1.29, 1.82) is 0 Å². The number of hydrogen-bond donors (Lipinski definition) is 1. The Morgan fingerprint density at radius 1 is 1.05 bits per heavy atom. The molecule has 0 aliphatic heterocycles. The molecule has 0 saturated heterocycles. The summed E-state index contributed by atoms with van der Waals surface area (Å²) in [6.07, 6.45) is 7.00. The predicted octanol–water partition coefficient (Wildman–Crippen LogP) is 5.08. The van der Waals surface area contributed by atoms with E-state index in [0.29, 0.717) is 5.92 Å². The molecule has 1 nitrogen and oxygen atoms in total. The molecule has 1 aliphatic rings. The van der Waals surface area contributed by atoms with Crippen molar-refractivity contribution < 1.29 is 0 Å². The van der Waals surface area contributed by atoms with Crippen LogP contribution in [0.1, 0.15) is 75.8 Å². The van der Waals surface area contributed by atoms with E-state index in [-0.39, 0.29) is 0 Å². The van der Waals surface area contributed by atoms with Gasteiger partial charge in [0.05, 0.1) is 0 Å². The smallest absolute Gasteiger partial charge is 0.00148 e. The number of rotatable bonds is 5. The van der Waals surface area contributed by atoms with Gasteiger partial charge in [-0.3, -0.25) is 0 Å². The Labute approximate surface area is 125 Å². The van der Waals surface area contributed by atoms with Crippen molar-refractivity contribution in [1.82, 2.24) is 5.32 Å². The molecule has 0 spiro atoms. The Balaban J connectivity index is 2.12. The second-order valence-corrected chi connectivity index (χ2v) is 6.63. The maximum atomic E-state index is 3.58. The second kappa shape index (κ2) is 7.83. The van der Waals surface area contributed by atoms with Gasteiger partial charge in [0.2, 0.25) is 0 Å². The molecule has 20 heavy (non-hydrogen) atoms. The van der Waals surface area contributed by atoms with Gasteiger partial charge in [-0.2, -0.15) is 0 Å². The van der Waals surface area contributed by atoms with Crippen molar-refractivity contribution in [2.75, 3.05) is 13.1 Å². The van der Waals surface area contributed by atoms with E-state index < -0.39 is 0 Å². The summed E-state index contributed by atoms with van der Waals surface area (Å²) in [4.78, 5) is 0. The molecule has 0 heterocycles. The largest absolute Gasteiger partial charge is 0.317 e. The highest BCUT2D eigenvalue weighted by Gasteiger charge is 2.24. The standard InChI is InChI=1S/C19H31N/c1-4-20-14-18-8-6-5-7-9-19(18)17-12-10-16(11-13-17)15(2)3/h10-13,15,18-20H,4-9,14H2,1-3H3. The van der Waals surface area contributed by atoms with Crippen molar-refractivity contribution in [2.24, 2.45) is 5.92 Å². The van der Waals surface area contributed by atoms with Gasteiger partial charge in [-0.1, -0.05) is 64.3 Å². The molecule has 1 fully saturated rings. The average Bonchev–Trinajstić information content (AvgIpc) is 2.70. The van der Waals surface area contributed by atoms with Crippen molar-refractivity contribution in [2.45, 2.75) is 64.7 Å². The highest BCUT2D eigenvalue weighted by Crippen LogP contribution is 2.36. The van der Waals surface area contributed by atoms with Gasteiger partial charge in [0.1, 0.15) is 0 Å². The normalized spacial score (nSPS) is 23.8. The highest BCUT2D eigenvalue weighted by atomic mass is 14.8. The topological polar surface area (TPSA) is 12.0 Å². The van der Waals surface area contributed by atoms with Crippen LogP contribution < -0.4 is 5.32 Å². The van der Waals surface area contributed by atoms with Crippen molar-refractivity contribution in [3.05, 3.63) is 35.4 Å². The van der Waals surface area contributed by atoms with E-state index in [9.17, 15) is 0 Å². The molecule has 2 rings (SSSR count). The summed E-state index contributed by atoms with van der Waals surface area (Å²) in [7, 11) is 0. The molecule has 1 aromatic carbocycles. The summed E-state index contributed by atoms with van der Waals surface area (Å²) in [5.41, 5.74) is 3.03. The van der Waals surface area contributed by atoms with E-state index in [4.69, 9.17) is 0 Å². The summed E-state index contributed by atoms with van der Waals surface area (Å²) in [5, 5.41) is 3.58. The van der Waals surface area contributed by atoms with Crippen LogP contribution >= 0.6 is 0 Å². The fourth-order valence-electron chi connectivity index (χ4n) is 3.53. The monoisotopic (exact) mass is 273 g/mol. The second-order valence-electron chi connectivity index (χ2n) is 6.63. The van der Waals surface area contributed by atoms with Crippen LogP contribution in [0.3, 0.4) is 0 Å². The quantitative estimate of drug-likeness (QED) is 0.737. The maximum absolute atomic E-state index is 3.58. The molecule has 2 unspecified atom stereocenters. The number of hydrogen-bond acceptors (Lipinski definition) is 1. The predicted molar refractivity (Wildman–Crippen MR) is 88.4 cm³/mol. The third-order valence-electron chi connectivity index (χ3n) is 4.85. The van der Waals surface area contributed by atoms with E-state index in [1.54, 1.807) is 5.56 Å². The number of nitrogens with one attached hydrogen (secondary N) is 1. The summed E-state index contributed by atoms with van der Waals surface area (Å²) in [5.74, 6) is 2.22. The van der Waals surface area contributed by atoms with Gasteiger partial charge in [0.25, 0.3) is 0 Å². The van der Waals surface area contributed by atoms with Gasteiger partial charge in [-0.05, 0) is 54.8 Å².